The summed E-state index contributed by atoms with van der Waals surface area (Å²) in [5.41, 5.74) is 0.637. The van der Waals surface area contributed by atoms with Crippen molar-refractivity contribution in [1.29, 1.82) is 0 Å². The third kappa shape index (κ3) is 4.07. The molecule has 1 saturated heterocycles. The molecule has 1 fully saturated rings. The molecule has 0 amide bonds. The Kier molecular flexibility index (Phi) is 5.18. The quantitative estimate of drug-likeness (QED) is 0.649. The van der Waals surface area contributed by atoms with E-state index in [0.717, 1.165) is 6.20 Å². The molecule has 0 radical (unpaired) electrons. The van der Waals surface area contributed by atoms with E-state index < -0.39 is 17.6 Å². The molecular weight excluding hydrogens is 388 g/mol. The number of hydrogen-bond acceptors (Lipinski definition) is 6. The first kappa shape index (κ1) is 19.3. The lowest BCUT2D eigenvalue weighted by Gasteiger charge is -2.33. The standard InChI is InChI=1S/C19H18F4N6/c20-14-8-16-15(26-1-2-27-16)7-12(14)9-28-17-11-25-10-13(19(21,22)23)18(17)29-5-3-24-4-6-29/h1-2,7-8,10-11,24,28H,3-6,9H2. The SMILES string of the molecule is Fc1cc2nccnc2cc1CNc1cncc(C(F)(F)F)c1N1CCNCC1. The molecule has 0 spiro atoms. The van der Waals surface area contributed by atoms with Gasteiger partial charge in [-0.1, -0.05) is 0 Å². The van der Waals surface area contributed by atoms with Crippen molar-refractivity contribution in [3.8, 4) is 0 Å². The second-order valence-corrected chi connectivity index (χ2v) is 6.66. The first-order chi connectivity index (χ1) is 13.9. The number of pyridine rings is 1. The van der Waals surface area contributed by atoms with Crippen LogP contribution in [0.4, 0.5) is 28.9 Å². The Labute approximate surface area is 164 Å². The van der Waals surface area contributed by atoms with Gasteiger partial charge in [-0.25, -0.2) is 4.39 Å². The number of aromatic nitrogens is 3. The molecule has 1 aliphatic heterocycles. The molecule has 3 aromatic rings. The van der Waals surface area contributed by atoms with Crippen molar-refractivity contribution < 1.29 is 17.6 Å². The maximum Gasteiger partial charge on any atom is 0.419 e. The fraction of sp³-hybridized carbons (Fsp3) is 0.316. The molecule has 0 bridgehead atoms. The number of benzene rings is 1. The van der Waals surface area contributed by atoms with Gasteiger partial charge >= 0.3 is 6.18 Å². The second kappa shape index (κ2) is 7.78. The summed E-state index contributed by atoms with van der Waals surface area (Å²) >= 11 is 0. The van der Waals surface area contributed by atoms with E-state index >= 15 is 0 Å². The number of alkyl halides is 3. The molecule has 4 rings (SSSR count). The van der Waals surface area contributed by atoms with E-state index in [4.69, 9.17) is 0 Å². The van der Waals surface area contributed by atoms with Crippen LogP contribution in [0.3, 0.4) is 0 Å². The maximum atomic E-state index is 14.4. The highest BCUT2D eigenvalue weighted by molar-refractivity contribution is 5.76. The van der Waals surface area contributed by atoms with Crippen LogP contribution in [-0.2, 0) is 12.7 Å². The van der Waals surface area contributed by atoms with Crippen molar-refractivity contribution in [1.82, 2.24) is 20.3 Å². The Hall–Kier alpha value is -3.01. The summed E-state index contributed by atoms with van der Waals surface area (Å²) in [5.74, 6) is -0.505. The molecule has 1 aliphatic rings. The van der Waals surface area contributed by atoms with Crippen LogP contribution in [0.25, 0.3) is 11.0 Å². The van der Waals surface area contributed by atoms with Crippen molar-refractivity contribution in [3.63, 3.8) is 0 Å². The van der Waals surface area contributed by atoms with Gasteiger partial charge in [0, 0.05) is 62.9 Å². The Bertz CT molecular complexity index is 1020. The monoisotopic (exact) mass is 406 g/mol. The van der Waals surface area contributed by atoms with E-state index in [9.17, 15) is 17.6 Å². The average molecular weight is 406 g/mol. The lowest BCUT2D eigenvalue weighted by atomic mass is 10.1. The number of anilines is 2. The molecule has 29 heavy (non-hydrogen) atoms. The zero-order valence-corrected chi connectivity index (χ0v) is 15.3. The summed E-state index contributed by atoms with van der Waals surface area (Å²) in [4.78, 5) is 13.6. The lowest BCUT2D eigenvalue weighted by molar-refractivity contribution is -0.137. The molecular formula is C19H18F4N6. The van der Waals surface area contributed by atoms with Crippen LogP contribution >= 0.6 is 0 Å². The van der Waals surface area contributed by atoms with Gasteiger partial charge in [0.1, 0.15) is 5.82 Å². The number of halogens is 4. The van der Waals surface area contributed by atoms with Gasteiger partial charge < -0.3 is 15.5 Å². The van der Waals surface area contributed by atoms with Gasteiger partial charge in [-0.2, -0.15) is 13.2 Å². The number of piperazine rings is 1. The van der Waals surface area contributed by atoms with Crippen molar-refractivity contribution in [2.45, 2.75) is 12.7 Å². The van der Waals surface area contributed by atoms with Crippen molar-refractivity contribution in [2.75, 3.05) is 36.4 Å². The van der Waals surface area contributed by atoms with Gasteiger partial charge in [-0.15, -0.1) is 0 Å². The summed E-state index contributed by atoms with van der Waals surface area (Å²) in [7, 11) is 0. The van der Waals surface area contributed by atoms with Crippen LogP contribution < -0.4 is 15.5 Å². The normalized spacial score (nSPS) is 15.0. The molecule has 152 valence electrons. The molecule has 6 nitrogen and oxygen atoms in total. The minimum Gasteiger partial charge on any atom is -0.378 e. The largest absolute Gasteiger partial charge is 0.419 e. The summed E-state index contributed by atoms with van der Waals surface area (Å²) in [6.07, 6.45) is 0.583. The molecule has 2 N–H and O–H groups in total. The van der Waals surface area contributed by atoms with Gasteiger partial charge in [0.05, 0.1) is 34.2 Å². The smallest absolute Gasteiger partial charge is 0.378 e. The first-order valence-electron chi connectivity index (χ1n) is 9.07. The highest BCUT2D eigenvalue weighted by Crippen LogP contribution is 2.40. The van der Waals surface area contributed by atoms with E-state index in [2.05, 4.69) is 25.6 Å². The molecule has 0 saturated carbocycles. The topological polar surface area (TPSA) is 66.0 Å². The van der Waals surface area contributed by atoms with Gasteiger partial charge in [-0.3, -0.25) is 15.0 Å². The Morgan fingerprint density at radius 1 is 1.03 bits per heavy atom. The Balaban J connectivity index is 1.67. The zero-order chi connectivity index (χ0) is 20.4. The third-order valence-corrected chi connectivity index (χ3v) is 4.76. The van der Waals surface area contributed by atoms with Crippen molar-refractivity contribution in [3.05, 3.63) is 53.9 Å². The Morgan fingerprint density at radius 3 is 2.41 bits per heavy atom. The summed E-state index contributed by atoms with van der Waals surface area (Å²) in [5, 5.41) is 6.06. The van der Waals surface area contributed by atoms with Crippen LogP contribution in [-0.4, -0.2) is 41.1 Å². The maximum absolute atomic E-state index is 14.4. The van der Waals surface area contributed by atoms with Crippen LogP contribution in [0.15, 0.2) is 36.9 Å². The lowest BCUT2D eigenvalue weighted by Crippen LogP contribution is -2.44. The zero-order valence-electron chi connectivity index (χ0n) is 15.3. The highest BCUT2D eigenvalue weighted by Gasteiger charge is 2.37. The van der Waals surface area contributed by atoms with E-state index in [0.29, 0.717) is 37.2 Å². The highest BCUT2D eigenvalue weighted by atomic mass is 19.4. The van der Waals surface area contributed by atoms with Crippen molar-refractivity contribution in [2.24, 2.45) is 0 Å². The third-order valence-electron chi connectivity index (χ3n) is 4.76. The predicted molar refractivity (Wildman–Crippen MR) is 101 cm³/mol. The summed E-state index contributed by atoms with van der Waals surface area (Å²) in [6, 6.07) is 2.80. The first-order valence-corrected chi connectivity index (χ1v) is 9.07. The minimum absolute atomic E-state index is 0.0135. The molecule has 0 unspecified atom stereocenters. The second-order valence-electron chi connectivity index (χ2n) is 6.66. The number of hydrogen-bond donors (Lipinski definition) is 2. The molecule has 0 atom stereocenters. The van der Waals surface area contributed by atoms with Crippen LogP contribution in [0, 0.1) is 5.82 Å². The van der Waals surface area contributed by atoms with Crippen molar-refractivity contribution >= 4 is 22.4 Å². The number of rotatable bonds is 4. The number of nitrogens with one attached hydrogen (secondary N) is 2. The number of nitrogens with zero attached hydrogens (tertiary/aromatic N) is 4. The van der Waals surface area contributed by atoms with Gasteiger partial charge in [0.25, 0.3) is 0 Å². The molecule has 10 heteroatoms. The number of fused-ring (bicyclic) bond motifs is 1. The van der Waals surface area contributed by atoms with E-state index in [1.165, 1.54) is 30.7 Å². The van der Waals surface area contributed by atoms with Crippen LogP contribution in [0.2, 0.25) is 0 Å². The summed E-state index contributed by atoms with van der Waals surface area (Å²) < 4.78 is 55.2. The van der Waals surface area contributed by atoms with Gasteiger partial charge in [0.15, 0.2) is 0 Å². The fourth-order valence-corrected chi connectivity index (χ4v) is 3.37. The van der Waals surface area contributed by atoms with E-state index in [-0.39, 0.29) is 23.5 Å². The van der Waals surface area contributed by atoms with Gasteiger partial charge in [0.2, 0.25) is 0 Å². The fourth-order valence-electron chi connectivity index (χ4n) is 3.37. The Morgan fingerprint density at radius 2 is 1.72 bits per heavy atom. The van der Waals surface area contributed by atoms with E-state index in [1.807, 2.05) is 0 Å². The van der Waals surface area contributed by atoms with E-state index in [1.54, 1.807) is 4.90 Å². The summed E-state index contributed by atoms with van der Waals surface area (Å²) in [6.45, 7) is 2.01. The molecule has 0 aliphatic carbocycles. The average Bonchev–Trinajstić information content (AvgIpc) is 2.72. The molecule has 3 heterocycles. The molecule has 1 aromatic carbocycles. The minimum atomic E-state index is -4.55. The van der Waals surface area contributed by atoms with Gasteiger partial charge in [-0.05, 0) is 6.07 Å². The van der Waals surface area contributed by atoms with Crippen LogP contribution in [0.1, 0.15) is 11.1 Å². The predicted octanol–water partition coefficient (Wildman–Crippen LogP) is 3.20. The van der Waals surface area contributed by atoms with Crippen LogP contribution in [0.5, 0.6) is 0 Å². The molecule has 2 aromatic heterocycles.